The molecule has 1 aromatic rings. The molecule has 0 fully saturated rings. The summed E-state index contributed by atoms with van der Waals surface area (Å²) < 4.78 is 5.84. The van der Waals surface area contributed by atoms with Crippen LogP contribution < -0.4 is 4.74 Å². The van der Waals surface area contributed by atoms with E-state index >= 15 is 0 Å². The first kappa shape index (κ1) is 19.5. The highest BCUT2D eigenvalue weighted by atomic mass is 16.5. The van der Waals surface area contributed by atoms with Crippen molar-refractivity contribution in [2.24, 2.45) is 5.41 Å². The van der Waals surface area contributed by atoms with Gasteiger partial charge in [0.1, 0.15) is 18.6 Å². The van der Waals surface area contributed by atoms with Crippen molar-refractivity contribution < 1.29 is 9.53 Å². The van der Waals surface area contributed by atoms with E-state index in [4.69, 9.17) is 4.74 Å². The molecule has 2 nitrogen and oxygen atoms in total. The first-order valence-corrected chi connectivity index (χ1v) is 9.42. The van der Waals surface area contributed by atoms with Crippen LogP contribution in [0.25, 0.3) is 0 Å². The van der Waals surface area contributed by atoms with Crippen LogP contribution in [0, 0.1) is 5.41 Å². The third-order valence-electron chi connectivity index (χ3n) is 5.28. The van der Waals surface area contributed by atoms with Gasteiger partial charge >= 0.3 is 0 Å². The number of carbonyl (C=O) groups excluding carboxylic acids is 1. The zero-order valence-corrected chi connectivity index (χ0v) is 16.2. The molecule has 0 bridgehead atoms. The molecule has 0 aromatic heterocycles. The van der Waals surface area contributed by atoms with Crippen LogP contribution in [0.4, 0.5) is 0 Å². The second-order valence-corrected chi connectivity index (χ2v) is 7.89. The third-order valence-corrected chi connectivity index (χ3v) is 5.28. The van der Waals surface area contributed by atoms with Crippen LogP contribution in [-0.2, 0) is 11.2 Å². The fourth-order valence-corrected chi connectivity index (χ4v) is 3.76. The minimum Gasteiger partial charge on any atom is -0.489 e. The molecule has 0 N–H and O–H groups in total. The van der Waals surface area contributed by atoms with E-state index in [0.29, 0.717) is 18.4 Å². The van der Waals surface area contributed by atoms with E-state index < -0.39 is 0 Å². The molecule has 0 heterocycles. The number of rotatable bonds is 8. The minimum atomic E-state index is 0.365. The largest absolute Gasteiger partial charge is 0.489 e. The van der Waals surface area contributed by atoms with Crippen LogP contribution >= 0.6 is 0 Å². The standard InChI is InChI=1S/C23H32O2/c1-18(17-25-21-12-10-20(11-13-21)14-16-24)7-5-9-22-19(2)8-6-15-23(22,3)4/h7,10-13,16H,5-6,8-9,14-15,17H2,1-4H3/b18-7+. The van der Waals surface area contributed by atoms with Gasteiger partial charge in [-0.25, -0.2) is 0 Å². The molecule has 0 spiro atoms. The average molecular weight is 341 g/mol. The highest BCUT2D eigenvalue weighted by molar-refractivity contribution is 5.55. The Morgan fingerprint density at radius 2 is 1.96 bits per heavy atom. The lowest BCUT2D eigenvalue weighted by Crippen LogP contribution is -2.20. The first-order valence-electron chi connectivity index (χ1n) is 9.42. The number of allylic oxidation sites excluding steroid dienone is 3. The van der Waals surface area contributed by atoms with E-state index in [1.807, 2.05) is 24.3 Å². The van der Waals surface area contributed by atoms with Crippen molar-refractivity contribution in [3.63, 3.8) is 0 Å². The van der Waals surface area contributed by atoms with E-state index in [1.54, 1.807) is 11.1 Å². The highest BCUT2D eigenvalue weighted by Crippen LogP contribution is 2.42. The second kappa shape index (κ2) is 9.03. The molecule has 1 aromatic carbocycles. The molecule has 2 heteroatoms. The van der Waals surface area contributed by atoms with Gasteiger partial charge in [0.05, 0.1) is 0 Å². The maximum absolute atomic E-state index is 10.5. The maximum Gasteiger partial charge on any atom is 0.124 e. The van der Waals surface area contributed by atoms with Crippen LogP contribution in [0.5, 0.6) is 5.75 Å². The molecule has 0 saturated heterocycles. The van der Waals surface area contributed by atoms with Crippen LogP contribution in [0.3, 0.4) is 0 Å². The molecule has 0 unspecified atom stereocenters. The number of hydrogen-bond donors (Lipinski definition) is 0. The number of ether oxygens (including phenoxy) is 1. The first-order chi connectivity index (χ1) is 11.9. The van der Waals surface area contributed by atoms with Gasteiger partial charge < -0.3 is 9.53 Å². The number of benzene rings is 1. The van der Waals surface area contributed by atoms with Gasteiger partial charge in [-0.3, -0.25) is 0 Å². The smallest absolute Gasteiger partial charge is 0.124 e. The summed E-state index contributed by atoms with van der Waals surface area (Å²) in [5.74, 6) is 0.856. The minimum absolute atomic E-state index is 0.365. The lowest BCUT2D eigenvalue weighted by molar-refractivity contribution is -0.107. The van der Waals surface area contributed by atoms with Gasteiger partial charge in [-0.2, -0.15) is 0 Å². The Morgan fingerprint density at radius 1 is 1.24 bits per heavy atom. The molecule has 0 radical (unpaired) electrons. The quantitative estimate of drug-likeness (QED) is 0.425. The Hall–Kier alpha value is -1.83. The Morgan fingerprint density at radius 3 is 2.60 bits per heavy atom. The van der Waals surface area contributed by atoms with Crippen molar-refractivity contribution in [3.05, 3.63) is 52.6 Å². The summed E-state index contributed by atoms with van der Waals surface area (Å²) in [6.45, 7) is 9.84. The number of aldehydes is 1. The Bertz CT molecular complexity index is 633. The van der Waals surface area contributed by atoms with Crippen molar-refractivity contribution in [2.75, 3.05) is 6.61 Å². The summed E-state index contributed by atoms with van der Waals surface area (Å²) in [5, 5.41) is 0. The van der Waals surface area contributed by atoms with Gasteiger partial charge in [-0.15, -0.1) is 0 Å². The van der Waals surface area contributed by atoms with Crippen molar-refractivity contribution in [2.45, 2.75) is 66.2 Å². The molecule has 136 valence electrons. The topological polar surface area (TPSA) is 26.3 Å². The summed E-state index contributed by atoms with van der Waals surface area (Å²) in [5.41, 5.74) is 5.92. The Balaban J connectivity index is 1.82. The number of carbonyl (C=O) groups is 1. The van der Waals surface area contributed by atoms with Gasteiger partial charge in [-0.05, 0) is 74.6 Å². The molecule has 2 rings (SSSR count). The van der Waals surface area contributed by atoms with Crippen molar-refractivity contribution in [1.82, 2.24) is 0 Å². The summed E-state index contributed by atoms with van der Waals surface area (Å²) in [6, 6.07) is 7.77. The fourth-order valence-electron chi connectivity index (χ4n) is 3.76. The molecule has 0 aliphatic heterocycles. The highest BCUT2D eigenvalue weighted by Gasteiger charge is 2.27. The molecular formula is C23H32O2. The van der Waals surface area contributed by atoms with Crippen LogP contribution in [0.1, 0.15) is 65.4 Å². The molecule has 0 atom stereocenters. The van der Waals surface area contributed by atoms with Crippen LogP contribution in [0.15, 0.2) is 47.1 Å². The van der Waals surface area contributed by atoms with Crippen molar-refractivity contribution in [3.8, 4) is 5.75 Å². The lowest BCUT2D eigenvalue weighted by atomic mass is 9.71. The average Bonchev–Trinajstić information content (AvgIpc) is 2.57. The van der Waals surface area contributed by atoms with Gasteiger partial charge in [-0.1, -0.05) is 43.2 Å². The third kappa shape index (κ3) is 5.88. The second-order valence-electron chi connectivity index (χ2n) is 7.89. The Labute approximate surface area is 153 Å². The normalized spacial score (nSPS) is 17.5. The van der Waals surface area contributed by atoms with E-state index in [1.165, 1.54) is 24.8 Å². The maximum atomic E-state index is 10.5. The van der Waals surface area contributed by atoms with Gasteiger partial charge in [0.25, 0.3) is 0 Å². The van der Waals surface area contributed by atoms with Gasteiger partial charge in [0.15, 0.2) is 0 Å². The lowest BCUT2D eigenvalue weighted by Gasteiger charge is -2.34. The summed E-state index contributed by atoms with van der Waals surface area (Å²) in [7, 11) is 0. The monoisotopic (exact) mass is 340 g/mol. The zero-order chi connectivity index (χ0) is 18.3. The summed E-state index contributed by atoms with van der Waals surface area (Å²) >= 11 is 0. The summed E-state index contributed by atoms with van der Waals surface area (Å²) in [6.07, 6.45) is 9.86. The molecule has 0 amide bonds. The van der Waals surface area contributed by atoms with Gasteiger partial charge in [0, 0.05) is 6.42 Å². The van der Waals surface area contributed by atoms with Crippen LogP contribution in [0.2, 0.25) is 0 Å². The predicted molar refractivity (Wildman–Crippen MR) is 105 cm³/mol. The molecule has 1 aliphatic rings. The van der Waals surface area contributed by atoms with Gasteiger partial charge in [0.2, 0.25) is 0 Å². The van der Waals surface area contributed by atoms with E-state index in [0.717, 1.165) is 30.4 Å². The van der Waals surface area contributed by atoms with E-state index in [9.17, 15) is 4.79 Å². The van der Waals surface area contributed by atoms with E-state index in [-0.39, 0.29) is 0 Å². The number of hydrogen-bond acceptors (Lipinski definition) is 2. The predicted octanol–water partition coefficient (Wildman–Crippen LogP) is 6.06. The Kier molecular flexibility index (Phi) is 7.04. The SMILES string of the molecule is CC1=C(CC/C=C(\C)COc2ccc(CC=O)cc2)C(C)(C)CCC1. The van der Waals surface area contributed by atoms with Crippen LogP contribution in [-0.4, -0.2) is 12.9 Å². The van der Waals surface area contributed by atoms with E-state index in [2.05, 4.69) is 33.8 Å². The van der Waals surface area contributed by atoms with Crippen molar-refractivity contribution in [1.29, 1.82) is 0 Å². The zero-order valence-electron chi connectivity index (χ0n) is 16.2. The molecule has 25 heavy (non-hydrogen) atoms. The molecular weight excluding hydrogens is 308 g/mol. The summed E-state index contributed by atoms with van der Waals surface area (Å²) in [4.78, 5) is 10.5. The van der Waals surface area contributed by atoms with Crippen molar-refractivity contribution >= 4 is 6.29 Å². The fraction of sp³-hybridized carbons (Fsp3) is 0.522. The molecule has 0 saturated carbocycles. The molecule has 1 aliphatic carbocycles.